The number of nitrogens with zero attached hydrogens (tertiary/aromatic N) is 1. The molecule has 1 fully saturated rings. The van der Waals surface area contributed by atoms with Gasteiger partial charge in [0.05, 0.1) is 12.8 Å². The van der Waals surface area contributed by atoms with Crippen molar-refractivity contribution in [2.75, 3.05) is 12.4 Å². The Bertz CT molecular complexity index is 650. The molecule has 2 aromatic rings. The fourth-order valence-corrected chi connectivity index (χ4v) is 2.82. The van der Waals surface area contributed by atoms with Gasteiger partial charge in [-0.25, -0.2) is 4.98 Å². The van der Waals surface area contributed by atoms with Crippen molar-refractivity contribution in [1.29, 1.82) is 0 Å². The van der Waals surface area contributed by atoms with E-state index in [2.05, 4.69) is 10.3 Å². The zero-order valence-electron chi connectivity index (χ0n) is 12.5. The molecule has 0 unspecified atom stereocenters. The van der Waals surface area contributed by atoms with Crippen LogP contribution >= 0.6 is 11.3 Å². The molecule has 1 N–H and O–H groups in total. The summed E-state index contributed by atoms with van der Waals surface area (Å²) in [7, 11) is 1.61. The smallest absolute Gasteiger partial charge is 0.266 e. The van der Waals surface area contributed by atoms with Crippen molar-refractivity contribution in [2.24, 2.45) is 0 Å². The van der Waals surface area contributed by atoms with E-state index in [0.717, 1.165) is 11.4 Å². The summed E-state index contributed by atoms with van der Waals surface area (Å²) in [5, 5.41) is 5.46. The zero-order valence-corrected chi connectivity index (χ0v) is 13.4. The highest BCUT2D eigenvalue weighted by atomic mass is 32.1. The molecule has 0 saturated heterocycles. The Kier molecular flexibility index (Phi) is 4.29. The maximum Gasteiger partial charge on any atom is 0.266 e. The summed E-state index contributed by atoms with van der Waals surface area (Å²) < 4.78 is 10.7. The first kappa shape index (κ1) is 14.8. The van der Waals surface area contributed by atoms with E-state index in [4.69, 9.17) is 9.47 Å². The first-order valence-corrected chi connectivity index (χ1v) is 8.10. The highest BCUT2D eigenvalue weighted by Crippen LogP contribution is 2.40. The summed E-state index contributed by atoms with van der Waals surface area (Å²) in [5.74, 6) is 1.77. The Morgan fingerprint density at radius 2 is 2.00 bits per heavy atom. The van der Waals surface area contributed by atoms with Gasteiger partial charge in [-0.15, -0.1) is 11.3 Å². The second kappa shape index (κ2) is 6.36. The third-order valence-corrected chi connectivity index (χ3v) is 4.27. The summed E-state index contributed by atoms with van der Waals surface area (Å²) >= 11 is 1.46. The van der Waals surface area contributed by atoms with Gasteiger partial charge in [0.25, 0.3) is 5.91 Å². The summed E-state index contributed by atoms with van der Waals surface area (Å²) in [6, 6.07) is 7.14. The van der Waals surface area contributed by atoms with Crippen LogP contribution in [-0.4, -0.2) is 24.1 Å². The number of amides is 1. The predicted molar refractivity (Wildman–Crippen MR) is 85.8 cm³/mol. The number of nitrogens with one attached hydrogen (secondary N) is 1. The number of aromatic nitrogens is 1. The van der Waals surface area contributed by atoms with Gasteiger partial charge in [-0.1, -0.05) is 0 Å². The maximum absolute atomic E-state index is 12.1. The third-order valence-electron chi connectivity index (χ3n) is 3.49. The van der Waals surface area contributed by atoms with E-state index in [1.54, 1.807) is 38.3 Å². The zero-order chi connectivity index (χ0) is 15.5. The fraction of sp³-hybridized carbons (Fsp3) is 0.375. The number of rotatable bonds is 6. The largest absolute Gasteiger partial charge is 0.497 e. The van der Waals surface area contributed by atoms with Crippen LogP contribution in [0.15, 0.2) is 29.6 Å². The van der Waals surface area contributed by atoms with Gasteiger partial charge in [-0.3, -0.25) is 10.1 Å². The van der Waals surface area contributed by atoms with Crippen molar-refractivity contribution in [3.05, 3.63) is 35.3 Å². The molecular weight excluding hydrogens is 300 g/mol. The molecule has 1 aliphatic rings. The Hall–Kier alpha value is -2.08. The van der Waals surface area contributed by atoms with E-state index >= 15 is 0 Å². The number of ether oxygens (including phenoxy) is 2. The van der Waals surface area contributed by atoms with Crippen molar-refractivity contribution in [3.63, 3.8) is 0 Å². The number of carbonyl (C=O) groups excluding carboxylic acids is 1. The topological polar surface area (TPSA) is 60.5 Å². The standard InChI is InChI=1S/C16H18N2O3S/c1-10(21-13-7-5-12(20-2)6-8-13)15(19)18-16-17-14(9-22-16)11-3-4-11/h5-11H,3-4H2,1-2H3,(H,17,18,19)/t10-/m1/s1. The molecule has 5 nitrogen and oxygen atoms in total. The molecule has 1 saturated carbocycles. The Morgan fingerprint density at radius 3 is 2.64 bits per heavy atom. The van der Waals surface area contributed by atoms with Crippen molar-refractivity contribution >= 4 is 22.4 Å². The molecule has 22 heavy (non-hydrogen) atoms. The average Bonchev–Trinajstić information content (AvgIpc) is 3.28. The second-order valence-corrected chi connectivity index (χ2v) is 6.13. The quantitative estimate of drug-likeness (QED) is 0.886. The number of benzene rings is 1. The van der Waals surface area contributed by atoms with Crippen molar-refractivity contribution in [1.82, 2.24) is 4.98 Å². The predicted octanol–water partition coefficient (Wildman–Crippen LogP) is 3.44. The first-order chi connectivity index (χ1) is 10.7. The summed E-state index contributed by atoms with van der Waals surface area (Å²) in [6.45, 7) is 1.72. The van der Waals surface area contributed by atoms with Gasteiger partial charge >= 0.3 is 0 Å². The van der Waals surface area contributed by atoms with Gasteiger partial charge in [-0.2, -0.15) is 0 Å². The molecule has 1 atom stereocenters. The van der Waals surface area contributed by atoms with Gasteiger partial charge in [0.1, 0.15) is 11.5 Å². The van der Waals surface area contributed by atoms with Gasteiger partial charge in [-0.05, 0) is 44.0 Å². The highest BCUT2D eigenvalue weighted by molar-refractivity contribution is 7.13. The molecule has 6 heteroatoms. The number of hydrogen-bond acceptors (Lipinski definition) is 5. The highest BCUT2D eigenvalue weighted by Gasteiger charge is 2.26. The van der Waals surface area contributed by atoms with Gasteiger partial charge in [0.15, 0.2) is 11.2 Å². The van der Waals surface area contributed by atoms with E-state index in [1.807, 2.05) is 5.38 Å². The van der Waals surface area contributed by atoms with Crippen LogP contribution in [0, 0.1) is 0 Å². The number of anilines is 1. The number of thiazole rings is 1. The average molecular weight is 318 g/mol. The van der Waals surface area contributed by atoms with Crippen LogP contribution in [0.5, 0.6) is 11.5 Å². The van der Waals surface area contributed by atoms with Crippen LogP contribution in [0.2, 0.25) is 0 Å². The minimum Gasteiger partial charge on any atom is -0.497 e. The number of carbonyl (C=O) groups is 1. The second-order valence-electron chi connectivity index (χ2n) is 5.28. The minimum atomic E-state index is -0.596. The SMILES string of the molecule is COc1ccc(O[C@H](C)C(=O)Nc2nc(C3CC3)cs2)cc1. The Balaban J connectivity index is 1.55. The van der Waals surface area contributed by atoms with E-state index in [9.17, 15) is 4.79 Å². The van der Waals surface area contributed by atoms with Gasteiger partial charge < -0.3 is 9.47 Å². The lowest BCUT2D eigenvalue weighted by molar-refractivity contribution is -0.122. The third kappa shape index (κ3) is 3.57. The molecule has 3 rings (SSSR count). The summed E-state index contributed by atoms with van der Waals surface area (Å²) in [4.78, 5) is 16.6. The van der Waals surface area contributed by atoms with E-state index in [1.165, 1.54) is 24.2 Å². The van der Waals surface area contributed by atoms with Crippen LogP contribution < -0.4 is 14.8 Å². The van der Waals surface area contributed by atoms with Crippen molar-refractivity contribution < 1.29 is 14.3 Å². The van der Waals surface area contributed by atoms with Crippen molar-refractivity contribution in [3.8, 4) is 11.5 Å². The minimum absolute atomic E-state index is 0.201. The summed E-state index contributed by atoms with van der Waals surface area (Å²) in [6.07, 6.45) is 1.81. The molecule has 0 aliphatic heterocycles. The Labute approximate surface area is 133 Å². The molecule has 0 radical (unpaired) electrons. The molecular formula is C16H18N2O3S. The monoisotopic (exact) mass is 318 g/mol. The van der Waals surface area contributed by atoms with E-state index in [-0.39, 0.29) is 5.91 Å². The molecule has 1 amide bonds. The maximum atomic E-state index is 12.1. The number of hydrogen-bond donors (Lipinski definition) is 1. The fourth-order valence-electron chi connectivity index (χ4n) is 2.03. The van der Waals surface area contributed by atoms with Crippen molar-refractivity contribution in [2.45, 2.75) is 31.8 Å². The van der Waals surface area contributed by atoms with Gasteiger partial charge in [0, 0.05) is 11.3 Å². The van der Waals surface area contributed by atoms with E-state index in [0.29, 0.717) is 16.8 Å². The molecule has 0 spiro atoms. The lowest BCUT2D eigenvalue weighted by Crippen LogP contribution is -2.30. The molecule has 1 aliphatic carbocycles. The van der Waals surface area contributed by atoms with E-state index < -0.39 is 6.10 Å². The lowest BCUT2D eigenvalue weighted by atomic mass is 10.3. The normalized spacial score (nSPS) is 15.2. The van der Waals surface area contributed by atoms with Crippen LogP contribution in [0.4, 0.5) is 5.13 Å². The molecule has 1 heterocycles. The lowest BCUT2D eigenvalue weighted by Gasteiger charge is -2.13. The first-order valence-electron chi connectivity index (χ1n) is 7.22. The Morgan fingerprint density at radius 1 is 1.32 bits per heavy atom. The number of methoxy groups -OCH3 is 1. The molecule has 1 aromatic carbocycles. The summed E-state index contributed by atoms with van der Waals surface area (Å²) in [5.41, 5.74) is 1.09. The van der Waals surface area contributed by atoms with Crippen LogP contribution in [-0.2, 0) is 4.79 Å². The molecule has 1 aromatic heterocycles. The van der Waals surface area contributed by atoms with Crippen LogP contribution in [0.3, 0.4) is 0 Å². The van der Waals surface area contributed by atoms with Crippen LogP contribution in [0.1, 0.15) is 31.4 Å². The molecule has 116 valence electrons. The van der Waals surface area contributed by atoms with Crippen LogP contribution in [0.25, 0.3) is 0 Å². The molecule has 0 bridgehead atoms. The van der Waals surface area contributed by atoms with Gasteiger partial charge in [0.2, 0.25) is 0 Å².